The van der Waals surface area contributed by atoms with Crippen LogP contribution in [0, 0.1) is 13.8 Å². The van der Waals surface area contributed by atoms with Crippen molar-refractivity contribution in [2.75, 3.05) is 5.73 Å². The van der Waals surface area contributed by atoms with Crippen molar-refractivity contribution in [2.24, 2.45) is 0 Å². The number of carboxylic acid groups (broad SMARTS) is 1. The molecule has 0 atom stereocenters. The summed E-state index contributed by atoms with van der Waals surface area (Å²) in [6, 6.07) is 8.76. The van der Waals surface area contributed by atoms with Gasteiger partial charge in [-0.2, -0.15) is 5.10 Å². The number of hydrogen-bond acceptors (Lipinski definition) is 4. The molecule has 0 amide bonds. The number of carbonyl (C=O) groups is 1. The van der Waals surface area contributed by atoms with Crippen molar-refractivity contribution >= 4 is 23.3 Å². The number of halogens is 1. The fourth-order valence-corrected chi connectivity index (χ4v) is 2.93. The third-order valence-corrected chi connectivity index (χ3v) is 4.38. The van der Waals surface area contributed by atoms with E-state index in [0.717, 1.165) is 28.2 Å². The van der Waals surface area contributed by atoms with Crippen LogP contribution in [0.5, 0.6) is 0 Å². The van der Waals surface area contributed by atoms with Crippen LogP contribution in [0.1, 0.15) is 27.4 Å². The van der Waals surface area contributed by atoms with Gasteiger partial charge < -0.3 is 10.8 Å². The van der Waals surface area contributed by atoms with Crippen molar-refractivity contribution in [3.63, 3.8) is 0 Å². The Labute approximate surface area is 149 Å². The SMILES string of the molecule is Cc1nn(Cc2ccc(C(=O)O)cn2)c(C)c1-c1ccc(N)c(Cl)c1. The van der Waals surface area contributed by atoms with Crippen molar-refractivity contribution in [2.45, 2.75) is 20.4 Å². The Morgan fingerprint density at radius 1 is 1.28 bits per heavy atom. The molecule has 0 aliphatic carbocycles. The molecule has 128 valence electrons. The summed E-state index contributed by atoms with van der Waals surface area (Å²) in [7, 11) is 0. The number of nitrogens with zero attached hydrogens (tertiary/aromatic N) is 3. The molecule has 0 aliphatic rings. The number of aryl methyl sites for hydroxylation is 1. The maximum atomic E-state index is 10.9. The van der Waals surface area contributed by atoms with Gasteiger partial charge in [0.15, 0.2) is 0 Å². The van der Waals surface area contributed by atoms with Crippen molar-refractivity contribution in [1.82, 2.24) is 14.8 Å². The minimum Gasteiger partial charge on any atom is -0.478 e. The molecule has 2 heterocycles. The number of nitrogen functional groups attached to an aromatic ring is 1. The molecule has 0 radical (unpaired) electrons. The molecule has 3 N–H and O–H groups in total. The van der Waals surface area contributed by atoms with Crippen LogP contribution in [-0.2, 0) is 6.54 Å². The molecule has 7 heteroatoms. The number of anilines is 1. The Bertz CT molecular complexity index is 948. The first-order valence-corrected chi connectivity index (χ1v) is 8.02. The molecule has 25 heavy (non-hydrogen) atoms. The van der Waals surface area contributed by atoms with Crippen molar-refractivity contribution in [3.8, 4) is 11.1 Å². The third kappa shape index (κ3) is 3.34. The van der Waals surface area contributed by atoms with Crippen LogP contribution in [0.25, 0.3) is 11.1 Å². The monoisotopic (exact) mass is 356 g/mol. The minimum atomic E-state index is -0.993. The van der Waals surface area contributed by atoms with E-state index in [2.05, 4.69) is 10.1 Å². The maximum Gasteiger partial charge on any atom is 0.337 e. The van der Waals surface area contributed by atoms with Gasteiger partial charge in [0.25, 0.3) is 0 Å². The topological polar surface area (TPSA) is 94.0 Å². The Hall–Kier alpha value is -2.86. The summed E-state index contributed by atoms with van der Waals surface area (Å²) in [4.78, 5) is 15.1. The van der Waals surface area contributed by atoms with E-state index < -0.39 is 5.97 Å². The Kier molecular flexibility index (Phi) is 4.46. The molecule has 3 aromatic rings. The predicted octanol–water partition coefficient (Wildman–Crippen LogP) is 3.54. The second-order valence-electron chi connectivity index (χ2n) is 5.78. The largest absolute Gasteiger partial charge is 0.478 e. The van der Waals surface area contributed by atoms with Gasteiger partial charge in [0, 0.05) is 17.5 Å². The Morgan fingerprint density at radius 3 is 2.64 bits per heavy atom. The first-order valence-electron chi connectivity index (χ1n) is 7.64. The fraction of sp³-hybridized carbons (Fsp3) is 0.167. The zero-order chi connectivity index (χ0) is 18.1. The summed E-state index contributed by atoms with van der Waals surface area (Å²) in [5.41, 5.74) is 11.0. The quantitative estimate of drug-likeness (QED) is 0.697. The molecule has 2 aromatic heterocycles. The highest BCUT2D eigenvalue weighted by molar-refractivity contribution is 6.33. The lowest BCUT2D eigenvalue weighted by Crippen LogP contribution is -2.07. The number of hydrogen-bond donors (Lipinski definition) is 2. The maximum absolute atomic E-state index is 10.9. The lowest BCUT2D eigenvalue weighted by molar-refractivity contribution is 0.0696. The van der Waals surface area contributed by atoms with Crippen LogP contribution in [0.4, 0.5) is 5.69 Å². The molecular weight excluding hydrogens is 340 g/mol. The van der Waals surface area contributed by atoms with Crippen LogP contribution in [0.2, 0.25) is 5.02 Å². The normalized spacial score (nSPS) is 10.8. The van der Waals surface area contributed by atoms with E-state index in [1.807, 2.05) is 30.7 Å². The van der Waals surface area contributed by atoms with Crippen LogP contribution in [0.3, 0.4) is 0 Å². The van der Waals surface area contributed by atoms with Gasteiger partial charge in [-0.3, -0.25) is 9.67 Å². The standard InChI is InChI=1S/C18H17ClN4O2/c1-10-17(12-4-6-16(20)15(19)7-12)11(2)23(22-10)9-14-5-3-13(8-21-14)18(24)25/h3-8H,9,20H2,1-2H3,(H,24,25). The average Bonchev–Trinajstić information content (AvgIpc) is 2.85. The van der Waals surface area contributed by atoms with Gasteiger partial charge in [0.1, 0.15) is 0 Å². The summed E-state index contributed by atoms with van der Waals surface area (Å²) in [6.07, 6.45) is 1.35. The second-order valence-corrected chi connectivity index (χ2v) is 6.19. The summed E-state index contributed by atoms with van der Waals surface area (Å²) in [5, 5.41) is 14.0. The predicted molar refractivity (Wildman–Crippen MR) is 96.9 cm³/mol. The lowest BCUT2D eigenvalue weighted by Gasteiger charge is -2.07. The van der Waals surface area contributed by atoms with E-state index in [4.69, 9.17) is 22.4 Å². The highest BCUT2D eigenvalue weighted by Crippen LogP contribution is 2.31. The van der Waals surface area contributed by atoms with Crippen LogP contribution < -0.4 is 5.73 Å². The van der Waals surface area contributed by atoms with E-state index in [-0.39, 0.29) is 5.56 Å². The summed E-state index contributed by atoms with van der Waals surface area (Å²) >= 11 is 6.14. The zero-order valence-corrected chi connectivity index (χ0v) is 14.6. The first-order chi connectivity index (χ1) is 11.9. The number of aromatic carboxylic acids is 1. The zero-order valence-electron chi connectivity index (χ0n) is 13.8. The smallest absolute Gasteiger partial charge is 0.337 e. The first kappa shape index (κ1) is 17.0. The van der Waals surface area contributed by atoms with E-state index >= 15 is 0 Å². The summed E-state index contributed by atoms with van der Waals surface area (Å²) < 4.78 is 1.84. The molecule has 0 saturated carbocycles. The molecule has 0 spiro atoms. The van der Waals surface area contributed by atoms with Gasteiger partial charge in [-0.1, -0.05) is 17.7 Å². The minimum absolute atomic E-state index is 0.161. The third-order valence-electron chi connectivity index (χ3n) is 4.05. The molecule has 0 aliphatic heterocycles. The second kappa shape index (κ2) is 6.57. The van der Waals surface area contributed by atoms with Crippen LogP contribution in [-0.4, -0.2) is 25.8 Å². The molecular formula is C18H17ClN4O2. The van der Waals surface area contributed by atoms with Crippen molar-refractivity contribution in [1.29, 1.82) is 0 Å². The van der Waals surface area contributed by atoms with Gasteiger partial charge in [-0.05, 0) is 43.7 Å². The van der Waals surface area contributed by atoms with Crippen molar-refractivity contribution in [3.05, 3.63) is 64.2 Å². The highest BCUT2D eigenvalue weighted by atomic mass is 35.5. The van der Waals surface area contributed by atoms with Gasteiger partial charge in [-0.15, -0.1) is 0 Å². The summed E-state index contributed by atoms with van der Waals surface area (Å²) in [5.74, 6) is -0.993. The molecule has 1 aromatic carbocycles. The molecule has 0 fully saturated rings. The van der Waals surface area contributed by atoms with Gasteiger partial charge in [0.05, 0.1) is 34.2 Å². The molecule has 3 rings (SSSR count). The van der Waals surface area contributed by atoms with Crippen molar-refractivity contribution < 1.29 is 9.90 Å². The van der Waals surface area contributed by atoms with Crippen LogP contribution in [0.15, 0.2) is 36.5 Å². The number of carboxylic acids is 1. The Morgan fingerprint density at radius 2 is 2.04 bits per heavy atom. The molecule has 0 bridgehead atoms. The van der Waals surface area contributed by atoms with Gasteiger partial charge >= 0.3 is 5.97 Å². The number of aromatic nitrogens is 3. The molecule has 6 nitrogen and oxygen atoms in total. The summed E-state index contributed by atoms with van der Waals surface area (Å²) in [6.45, 7) is 4.37. The van der Waals surface area contributed by atoms with E-state index in [1.165, 1.54) is 12.3 Å². The number of benzene rings is 1. The van der Waals surface area contributed by atoms with Crippen LogP contribution >= 0.6 is 11.6 Å². The van der Waals surface area contributed by atoms with E-state index in [0.29, 0.717) is 17.3 Å². The van der Waals surface area contributed by atoms with Gasteiger partial charge in [0.2, 0.25) is 0 Å². The van der Waals surface area contributed by atoms with Gasteiger partial charge in [-0.25, -0.2) is 4.79 Å². The van der Waals surface area contributed by atoms with E-state index in [1.54, 1.807) is 12.1 Å². The molecule has 0 unspecified atom stereocenters. The fourth-order valence-electron chi connectivity index (χ4n) is 2.75. The number of nitrogens with two attached hydrogens (primary N) is 1. The number of pyridine rings is 1. The average molecular weight is 357 g/mol. The number of rotatable bonds is 4. The highest BCUT2D eigenvalue weighted by Gasteiger charge is 2.15. The Balaban J connectivity index is 1.94. The lowest BCUT2D eigenvalue weighted by atomic mass is 10.0. The van der Waals surface area contributed by atoms with E-state index in [9.17, 15) is 4.79 Å². The molecule has 0 saturated heterocycles.